The van der Waals surface area contributed by atoms with Crippen molar-refractivity contribution >= 4 is 45.1 Å². The van der Waals surface area contributed by atoms with E-state index < -0.39 is 0 Å². The number of thiophene rings is 1. The highest BCUT2D eigenvalue weighted by atomic mass is 32.1. The van der Waals surface area contributed by atoms with E-state index in [0.29, 0.717) is 38.4 Å². The Kier molecular flexibility index (Phi) is 5.06. The number of pyridine rings is 1. The molecule has 0 aliphatic carbocycles. The summed E-state index contributed by atoms with van der Waals surface area (Å²) in [6.45, 7) is 1.81. The Morgan fingerprint density at radius 2 is 2.13 bits per heavy atom. The van der Waals surface area contributed by atoms with E-state index in [2.05, 4.69) is 28.5 Å². The monoisotopic (exact) mass is 419 g/mol. The van der Waals surface area contributed by atoms with Crippen molar-refractivity contribution < 1.29 is 14.3 Å². The lowest BCUT2D eigenvalue weighted by Crippen LogP contribution is -2.54. The van der Waals surface area contributed by atoms with Gasteiger partial charge in [-0.3, -0.25) is 9.59 Å². The molecule has 0 radical (unpaired) electrons. The van der Waals surface area contributed by atoms with Crippen molar-refractivity contribution in [3.63, 3.8) is 0 Å². The molecule has 0 atom stereocenters. The number of ether oxygens (including phenoxy) is 1. The van der Waals surface area contributed by atoms with Crippen molar-refractivity contribution in [1.29, 1.82) is 0 Å². The first-order valence-corrected chi connectivity index (χ1v) is 10.8. The van der Waals surface area contributed by atoms with Gasteiger partial charge in [0.1, 0.15) is 5.82 Å². The summed E-state index contributed by atoms with van der Waals surface area (Å²) in [4.78, 5) is 31.0. The topological polar surface area (TPSA) is 71.5 Å². The lowest BCUT2D eigenvalue weighted by Gasteiger charge is -2.38. The number of aryl methyl sites for hydroxylation is 1. The molecule has 6 nitrogen and oxygen atoms in total. The molecule has 5 rings (SSSR count). The van der Waals surface area contributed by atoms with Gasteiger partial charge in [-0.2, -0.15) is 0 Å². The van der Waals surface area contributed by atoms with Crippen LogP contribution in [0.3, 0.4) is 0 Å². The van der Waals surface area contributed by atoms with E-state index in [-0.39, 0.29) is 17.9 Å². The second kappa shape index (κ2) is 8.01. The van der Waals surface area contributed by atoms with Gasteiger partial charge < -0.3 is 15.0 Å². The maximum atomic E-state index is 12.4. The van der Waals surface area contributed by atoms with Gasteiger partial charge in [0.25, 0.3) is 0 Å². The van der Waals surface area contributed by atoms with Gasteiger partial charge in [-0.25, -0.2) is 4.98 Å². The summed E-state index contributed by atoms with van der Waals surface area (Å²) in [7, 11) is 0. The average molecular weight is 420 g/mol. The minimum absolute atomic E-state index is 0.00428. The van der Waals surface area contributed by atoms with Gasteiger partial charge in [0.2, 0.25) is 11.8 Å². The number of likely N-dealkylation sites (tertiary alicyclic amines) is 1. The van der Waals surface area contributed by atoms with Crippen LogP contribution in [0.4, 0.5) is 5.82 Å². The molecule has 3 aromatic rings. The maximum absolute atomic E-state index is 12.4. The van der Waals surface area contributed by atoms with Crippen LogP contribution in [-0.4, -0.2) is 40.9 Å². The fourth-order valence-electron chi connectivity index (χ4n) is 3.67. The maximum Gasteiger partial charge on any atom is 0.246 e. The van der Waals surface area contributed by atoms with Gasteiger partial charge in [-0.05, 0) is 47.2 Å². The molecule has 1 fully saturated rings. The predicted molar refractivity (Wildman–Crippen MR) is 117 cm³/mol. The van der Waals surface area contributed by atoms with Crippen molar-refractivity contribution in [2.75, 3.05) is 18.4 Å². The van der Waals surface area contributed by atoms with E-state index >= 15 is 0 Å². The molecule has 1 aromatic carbocycles. The molecular weight excluding hydrogens is 398 g/mol. The van der Waals surface area contributed by atoms with E-state index in [1.165, 1.54) is 15.0 Å². The Bertz CT molecular complexity index is 1110. The number of rotatable bonds is 5. The minimum atomic E-state index is -0.0252. The summed E-state index contributed by atoms with van der Waals surface area (Å²) >= 11 is 1.75. The summed E-state index contributed by atoms with van der Waals surface area (Å²) in [6.07, 6.45) is 6.25. The summed E-state index contributed by atoms with van der Waals surface area (Å²) in [6, 6.07) is 12.5. The molecule has 0 saturated carbocycles. The standard InChI is InChI=1S/C23H21N3O3S/c27-21-7-6-17-9-15(11-24-23(17)25-21)5-8-22(28)26-12-18(13-26)29-14-19-10-16-3-1-2-4-20(16)30-19/h1-5,8-11,18H,6-7,12-14H2,(H,24,25,27). The van der Waals surface area contributed by atoms with E-state index in [1.807, 2.05) is 18.2 Å². The second-order valence-electron chi connectivity index (χ2n) is 7.58. The highest BCUT2D eigenvalue weighted by Crippen LogP contribution is 2.27. The van der Waals surface area contributed by atoms with Crippen LogP contribution in [0.1, 0.15) is 22.4 Å². The number of anilines is 1. The zero-order chi connectivity index (χ0) is 20.5. The Hall–Kier alpha value is -3.03. The number of hydrogen-bond acceptors (Lipinski definition) is 5. The van der Waals surface area contributed by atoms with E-state index in [1.54, 1.807) is 34.6 Å². The molecule has 0 unspecified atom stereocenters. The number of benzene rings is 1. The van der Waals surface area contributed by atoms with E-state index in [0.717, 1.165) is 11.1 Å². The van der Waals surface area contributed by atoms with E-state index in [4.69, 9.17) is 4.74 Å². The first-order chi connectivity index (χ1) is 14.6. The van der Waals surface area contributed by atoms with Crippen molar-refractivity contribution in [1.82, 2.24) is 9.88 Å². The molecule has 2 aromatic heterocycles. The minimum Gasteiger partial charge on any atom is -0.369 e. The molecule has 30 heavy (non-hydrogen) atoms. The fraction of sp³-hybridized carbons (Fsp3) is 0.261. The molecule has 1 N–H and O–H groups in total. The van der Waals surface area contributed by atoms with Crippen LogP contribution < -0.4 is 5.32 Å². The van der Waals surface area contributed by atoms with Crippen LogP contribution >= 0.6 is 11.3 Å². The Labute approximate surface area is 178 Å². The number of nitrogens with one attached hydrogen (secondary N) is 1. The summed E-state index contributed by atoms with van der Waals surface area (Å²) < 4.78 is 7.22. The van der Waals surface area contributed by atoms with Crippen LogP contribution in [-0.2, 0) is 27.4 Å². The average Bonchev–Trinajstić information content (AvgIpc) is 3.14. The summed E-state index contributed by atoms with van der Waals surface area (Å²) in [5, 5.41) is 4.01. The largest absolute Gasteiger partial charge is 0.369 e. The van der Waals surface area contributed by atoms with E-state index in [9.17, 15) is 9.59 Å². The number of aromatic nitrogens is 1. The first-order valence-electron chi connectivity index (χ1n) is 9.99. The van der Waals surface area contributed by atoms with Crippen LogP contribution in [0.5, 0.6) is 0 Å². The predicted octanol–water partition coefficient (Wildman–Crippen LogP) is 3.62. The number of carbonyl (C=O) groups excluding carboxylic acids is 2. The molecule has 2 aliphatic heterocycles. The Morgan fingerprint density at radius 1 is 1.27 bits per heavy atom. The van der Waals surface area contributed by atoms with Crippen LogP contribution in [0.25, 0.3) is 16.2 Å². The van der Waals surface area contributed by atoms with Crippen molar-refractivity contribution in [2.45, 2.75) is 25.6 Å². The lowest BCUT2D eigenvalue weighted by atomic mass is 10.0. The third-order valence-corrected chi connectivity index (χ3v) is 6.47. The number of nitrogens with zero attached hydrogens (tertiary/aromatic N) is 2. The third kappa shape index (κ3) is 3.99. The van der Waals surface area contributed by atoms with Crippen molar-refractivity contribution in [2.24, 2.45) is 0 Å². The molecule has 1 saturated heterocycles. The molecule has 0 spiro atoms. The van der Waals surface area contributed by atoms with Gasteiger partial charge in [0.15, 0.2) is 0 Å². The molecule has 2 amide bonds. The molecule has 2 aliphatic rings. The zero-order valence-electron chi connectivity index (χ0n) is 16.3. The van der Waals surface area contributed by atoms with Gasteiger partial charge in [0.05, 0.1) is 12.7 Å². The molecule has 0 bridgehead atoms. The smallest absolute Gasteiger partial charge is 0.246 e. The molecule has 4 heterocycles. The van der Waals surface area contributed by atoms with Crippen LogP contribution in [0, 0.1) is 0 Å². The molecule has 152 valence electrons. The van der Waals surface area contributed by atoms with Gasteiger partial charge in [-0.1, -0.05) is 18.2 Å². The fourth-order valence-corrected chi connectivity index (χ4v) is 4.66. The second-order valence-corrected chi connectivity index (χ2v) is 8.75. The van der Waals surface area contributed by atoms with Gasteiger partial charge in [-0.15, -0.1) is 11.3 Å². The highest BCUT2D eigenvalue weighted by molar-refractivity contribution is 7.19. The van der Waals surface area contributed by atoms with Gasteiger partial charge in [0, 0.05) is 41.4 Å². The lowest BCUT2D eigenvalue weighted by molar-refractivity contribution is -0.140. The molecular formula is C23H21N3O3S. The van der Waals surface area contributed by atoms with Gasteiger partial charge >= 0.3 is 0 Å². The summed E-state index contributed by atoms with van der Waals surface area (Å²) in [5.74, 6) is 0.592. The van der Waals surface area contributed by atoms with Crippen molar-refractivity contribution in [3.8, 4) is 0 Å². The normalized spacial score (nSPS) is 16.5. The SMILES string of the molecule is O=C1CCc2cc(C=CC(=O)N3CC(OCc4cc5ccccc5s4)C3)cnc2N1. The number of carbonyl (C=O) groups is 2. The Balaban J connectivity index is 1.11. The number of fused-ring (bicyclic) bond motifs is 2. The quantitative estimate of drug-likeness (QED) is 0.641. The van der Waals surface area contributed by atoms with Crippen LogP contribution in [0.2, 0.25) is 0 Å². The summed E-state index contributed by atoms with van der Waals surface area (Å²) in [5.41, 5.74) is 1.86. The third-order valence-electron chi connectivity index (χ3n) is 5.38. The zero-order valence-corrected chi connectivity index (χ0v) is 17.2. The van der Waals surface area contributed by atoms with Crippen LogP contribution in [0.15, 0.2) is 48.7 Å². The highest BCUT2D eigenvalue weighted by Gasteiger charge is 2.30. The number of hydrogen-bond donors (Lipinski definition) is 1. The number of amides is 2. The Morgan fingerprint density at radius 3 is 3.00 bits per heavy atom. The first kappa shape index (κ1) is 19.0. The van der Waals surface area contributed by atoms with Crippen molar-refractivity contribution in [3.05, 3.63) is 64.7 Å². The molecule has 7 heteroatoms.